The summed E-state index contributed by atoms with van der Waals surface area (Å²) in [6.45, 7) is 1.54. The van der Waals surface area contributed by atoms with Crippen LogP contribution < -0.4 is 9.62 Å². The van der Waals surface area contributed by atoms with E-state index >= 15 is 0 Å². The minimum Gasteiger partial charge on any atom is -0.346 e. The van der Waals surface area contributed by atoms with Crippen molar-refractivity contribution in [2.24, 2.45) is 0 Å². The number of carbonyl (C=O) groups excluding carboxylic acids is 1. The highest BCUT2D eigenvalue weighted by atomic mass is 32.2. The number of nitrogens with zero attached hydrogens (tertiary/aromatic N) is 2. The van der Waals surface area contributed by atoms with Crippen molar-refractivity contribution in [2.45, 2.75) is 17.9 Å². The zero-order valence-corrected chi connectivity index (χ0v) is 14.9. The molecule has 0 aliphatic carbocycles. The van der Waals surface area contributed by atoms with Gasteiger partial charge in [-0.3, -0.25) is 14.1 Å². The lowest BCUT2D eigenvalue weighted by Gasteiger charge is -2.20. The van der Waals surface area contributed by atoms with Crippen LogP contribution in [0.2, 0.25) is 0 Å². The van der Waals surface area contributed by atoms with Crippen LogP contribution in [0.1, 0.15) is 18.7 Å². The third kappa shape index (κ3) is 2.61. The molecule has 0 spiro atoms. The van der Waals surface area contributed by atoms with E-state index in [1.54, 1.807) is 36.5 Å². The smallest absolute Gasteiger partial charge is 0.265 e. The number of carbonyl (C=O) groups is 1. The summed E-state index contributed by atoms with van der Waals surface area (Å²) in [4.78, 5) is 17.0. The molecule has 1 aliphatic rings. The number of amides is 1. The second-order valence-electron chi connectivity index (χ2n) is 6.19. The lowest BCUT2D eigenvalue weighted by Crippen LogP contribution is -2.40. The van der Waals surface area contributed by atoms with E-state index in [2.05, 4.69) is 10.3 Å². The Kier molecular flexibility index (Phi) is 3.88. The first kappa shape index (κ1) is 16.5. The molecule has 6 nitrogen and oxygen atoms in total. The molecule has 4 rings (SSSR count). The fourth-order valence-corrected chi connectivity index (χ4v) is 4.92. The van der Waals surface area contributed by atoms with Crippen molar-refractivity contribution in [3.63, 3.8) is 0 Å². The molecule has 0 radical (unpaired) electrons. The highest BCUT2D eigenvalue weighted by Gasteiger charge is 2.36. The van der Waals surface area contributed by atoms with Crippen LogP contribution in [0.5, 0.6) is 0 Å². The molecule has 3 aromatic rings. The third-order valence-corrected chi connectivity index (χ3v) is 6.28. The maximum atomic E-state index is 12.9. The number of rotatable bonds is 4. The molecule has 2 heterocycles. The van der Waals surface area contributed by atoms with Crippen molar-refractivity contribution >= 4 is 32.4 Å². The maximum absolute atomic E-state index is 12.9. The molecule has 132 valence electrons. The van der Waals surface area contributed by atoms with Gasteiger partial charge in [-0.15, -0.1) is 0 Å². The van der Waals surface area contributed by atoms with Crippen LogP contribution in [0, 0.1) is 0 Å². The van der Waals surface area contributed by atoms with Crippen molar-refractivity contribution in [3.05, 3.63) is 66.5 Å². The zero-order chi connectivity index (χ0) is 18.3. The molecule has 2 aromatic carbocycles. The Morgan fingerprint density at radius 1 is 1.12 bits per heavy atom. The van der Waals surface area contributed by atoms with E-state index in [-0.39, 0.29) is 23.4 Å². The topological polar surface area (TPSA) is 79.4 Å². The van der Waals surface area contributed by atoms with Gasteiger partial charge in [0.1, 0.15) is 6.54 Å². The number of benzene rings is 2. The van der Waals surface area contributed by atoms with E-state index in [4.69, 9.17) is 0 Å². The van der Waals surface area contributed by atoms with Crippen LogP contribution in [-0.2, 0) is 14.8 Å². The standard InChI is InChI=1S/C19H17N3O3S/c1-13(15-8-2-3-11-20-15)21-18(23)12-22-16-9-4-6-14-7-5-10-17(19(14)16)26(22,24)25/h2-11,13H,12H2,1H3,(H,21,23). The van der Waals surface area contributed by atoms with Crippen molar-refractivity contribution in [2.75, 3.05) is 10.8 Å². The summed E-state index contributed by atoms with van der Waals surface area (Å²) in [7, 11) is -3.74. The average molecular weight is 367 g/mol. The molecule has 1 aliphatic heterocycles. The molecule has 1 amide bonds. The Morgan fingerprint density at radius 2 is 1.88 bits per heavy atom. The van der Waals surface area contributed by atoms with Gasteiger partial charge in [-0.25, -0.2) is 8.42 Å². The first-order valence-electron chi connectivity index (χ1n) is 8.23. The summed E-state index contributed by atoms with van der Waals surface area (Å²) >= 11 is 0. The molecule has 0 saturated carbocycles. The van der Waals surface area contributed by atoms with Crippen LogP contribution in [0.25, 0.3) is 10.8 Å². The molecule has 7 heteroatoms. The third-order valence-electron chi connectivity index (χ3n) is 4.48. The number of nitrogens with one attached hydrogen (secondary N) is 1. The van der Waals surface area contributed by atoms with Gasteiger partial charge in [0.15, 0.2) is 0 Å². The largest absolute Gasteiger partial charge is 0.346 e. The molecule has 0 bridgehead atoms. The van der Waals surface area contributed by atoms with Gasteiger partial charge in [0.05, 0.1) is 22.3 Å². The molecular formula is C19H17N3O3S. The van der Waals surface area contributed by atoms with Crippen molar-refractivity contribution in [1.82, 2.24) is 10.3 Å². The lowest BCUT2D eigenvalue weighted by molar-refractivity contribution is -0.120. The number of hydrogen-bond acceptors (Lipinski definition) is 4. The number of aromatic nitrogens is 1. The summed E-state index contributed by atoms with van der Waals surface area (Å²) in [5.41, 5.74) is 1.26. The fraction of sp³-hybridized carbons (Fsp3) is 0.158. The lowest BCUT2D eigenvalue weighted by atomic mass is 10.1. The monoisotopic (exact) mass is 367 g/mol. The van der Waals surface area contributed by atoms with Gasteiger partial charge in [0.25, 0.3) is 10.0 Å². The fourth-order valence-electron chi connectivity index (χ4n) is 3.25. The van der Waals surface area contributed by atoms with E-state index in [0.29, 0.717) is 11.1 Å². The second-order valence-corrected chi connectivity index (χ2v) is 8.02. The molecular weight excluding hydrogens is 350 g/mol. The molecule has 1 N–H and O–H groups in total. The summed E-state index contributed by atoms with van der Waals surface area (Å²) in [5, 5.41) is 4.32. The first-order valence-corrected chi connectivity index (χ1v) is 9.67. The quantitative estimate of drug-likeness (QED) is 0.769. The Bertz CT molecular complexity index is 1090. The van der Waals surface area contributed by atoms with Gasteiger partial charge >= 0.3 is 0 Å². The number of sulfonamides is 1. The normalized spacial score (nSPS) is 15.8. The molecule has 0 fully saturated rings. The van der Waals surface area contributed by atoms with Gasteiger partial charge in [0.2, 0.25) is 5.91 Å². The van der Waals surface area contributed by atoms with E-state index in [1.165, 1.54) is 4.31 Å². The number of hydrogen-bond donors (Lipinski definition) is 1. The van der Waals surface area contributed by atoms with Crippen molar-refractivity contribution in [1.29, 1.82) is 0 Å². The molecule has 0 saturated heterocycles. The van der Waals surface area contributed by atoms with Crippen LogP contribution in [0.3, 0.4) is 0 Å². The molecule has 1 atom stereocenters. The predicted octanol–water partition coefficient (Wildman–Crippen LogP) is 2.62. The van der Waals surface area contributed by atoms with Gasteiger partial charge in [-0.1, -0.05) is 30.3 Å². The summed E-state index contributed by atoms with van der Waals surface area (Å²) in [6, 6.07) is 15.7. The SMILES string of the molecule is CC(NC(=O)CN1c2cccc3cccc(c23)S1(=O)=O)c1ccccn1. The van der Waals surface area contributed by atoms with Crippen LogP contribution in [0.15, 0.2) is 65.7 Å². The number of pyridine rings is 1. The van der Waals surface area contributed by atoms with Crippen LogP contribution in [-0.4, -0.2) is 25.9 Å². The highest BCUT2D eigenvalue weighted by Crippen LogP contribution is 2.41. The average Bonchev–Trinajstić information content (AvgIpc) is 2.86. The predicted molar refractivity (Wildman–Crippen MR) is 99.3 cm³/mol. The van der Waals surface area contributed by atoms with E-state index in [1.807, 2.05) is 31.2 Å². The van der Waals surface area contributed by atoms with Crippen molar-refractivity contribution < 1.29 is 13.2 Å². The highest BCUT2D eigenvalue weighted by molar-refractivity contribution is 7.93. The summed E-state index contributed by atoms with van der Waals surface area (Å²) in [5.74, 6) is -0.378. The van der Waals surface area contributed by atoms with Crippen LogP contribution in [0.4, 0.5) is 5.69 Å². The maximum Gasteiger partial charge on any atom is 0.265 e. The molecule has 26 heavy (non-hydrogen) atoms. The first-order chi connectivity index (χ1) is 12.5. The van der Waals surface area contributed by atoms with Gasteiger partial charge < -0.3 is 5.32 Å². The van der Waals surface area contributed by atoms with E-state index in [0.717, 1.165) is 11.1 Å². The minimum absolute atomic E-state index is 0.246. The molecule has 1 unspecified atom stereocenters. The summed E-state index contributed by atoms with van der Waals surface area (Å²) in [6.07, 6.45) is 1.65. The number of anilines is 1. The van der Waals surface area contributed by atoms with Crippen LogP contribution >= 0.6 is 0 Å². The molecule has 1 aromatic heterocycles. The Labute approximate surface area is 151 Å². The second kappa shape index (κ2) is 6.10. The van der Waals surface area contributed by atoms with Gasteiger partial charge in [-0.05, 0) is 36.6 Å². The van der Waals surface area contributed by atoms with E-state index in [9.17, 15) is 13.2 Å². The Morgan fingerprint density at radius 3 is 2.62 bits per heavy atom. The zero-order valence-electron chi connectivity index (χ0n) is 14.1. The van der Waals surface area contributed by atoms with E-state index < -0.39 is 10.0 Å². The van der Waals surface area contributed by atoms with Gasteiger partial charge in [0, 0.05) is 11.6 Å². The Balaban J connectivity index is 1.61. The van der Waals surface area contributed by atoms with Gasteiger partial charge in [-0.2, -0.15) is 0 Å². The minimum atomic E-state index is -3.74. The Hall–Kier alpha value is -2.93. The van der Waals surface area contributed by atoms with Crippen molar-refractivity contribution in [3.8, 4) is 0 Å². The summed E-state index contributed by atoms with van der Waals surface area (Å²) < 4.78 is 27.0.